The van der Waals surface area contributed by atoms with Crippen LogP contribution in [0.2, 0.25) is 0 Å². The molecular formula is C15H11FN2O2. The van der Waals surface area contributed by atoms with E-state index in [1.54, 1.807) is 6.07 Å². The van der Waals surface area contributed by atoms with E-state index in [9.17, 15) is 9.18 Å². The summed E-state index contributed by atoms with van der Waals surface area (Å²) in [4.78, 5) is 11.1. The second-order valence-electron chi connectivity index (χ2n) is 4.13. The third-order valence-electron chi connectivity index (χ3n) is 2.78. The number of halogens is 1. The van der Waals surface area contributed by atoms with Gasteiger partial charge in [0.25, 0.3) is 0 Å². The molecule has 5 heteroatoms. The zero-order valence-corrected chi connectivity index (χ0v) is 10.4. The van der Waals surface area contributed by atoms with Gasteiger partial charge in [-0.05, 0) is 17.7 Å². The second kappa shape index (κ2) is 5.85. The molecule has 2 aromatic carbocycles. The van der Waals surface area contributed by atoms with Gasteiger partial charge < -0.3 is 10.4 Å². The highest BCUT2D eigenvalue weighted by Gasteiger charge is 2.14. The van der Waals surface area contributed by atoms with E-state index in [2.05, 4.69) is 5.32 Å². The Balaban J connectivity index is 2.30. The van der Waals surface area contributed by atoms with Crippen molar-refractivity contribution < 1.29 is 14.3 Å². The minimum atomic E-state index is -1.25. The Hall–Kier alpha value is -2.87. The number of hydrogen-bond acceptors (Lipinski definition) is 3. The predicted molar refractivity (Wildman–Crippen MR) is 71.8 cm³/mol. The zero-order chi connectivity index (χ0) is 14.5. The molecule has 0 unspecified atom stereocenters. The predicted octanol–water partition coefficient (Wildman–Crippen LogP) is 3.01. The number of hydrogen-bond donors (Lipinski definition) is 2. The first-order valence-corrected chi connectivity index (χ1v) is 5.86. The van der Waals surface area contributed by atoms with Gasteiger partial charge in [-0.15, -0.1) is 0 Å². The molecule has 2 rings (SSSR count). The fraction of sp³-hybridized carbons (Fsp3) is 0.0667. The number of carbonyl (C=O) groups is 1. The summed E-state index contributed by atoms with van der Waals surface area (Å²) in [5, 5.41) is 20.8. The maximum atomic E-state index is 13.4. The maximum Gasteiger partial charge on any atom is 0.337 e. The van der Waals surface area contributed by atoms with Gasteiger partial charge in [-0.3, -0.25) is 0 Å². The first-order valence-electron chi connectivity index (χ1n) is 5.86. The molecule has 0 aromatic heterocycles. The van der Waals surface area contributed by atoms with Crippen LogP contribution in [0.5, 0.6) is 0 Å². The molecule has 0 saturated heterocycles. The molecule has 0 atom stereocenters. The Morgan fingerprint density at radius 2 is 2.00 bits per heavy atom. The van der Waals surface area contributed by atoms with Gasteiger partial charge in [-0.1, -0.05) is 30.3 Å². The molecule has 0 aliphatic carbocycles. The van der Waals surface area contributed by atoms with Crippen LogP contribution in [-0.2, 0) is 6.54 Å². The number of anilines is 1. The Bertz CT molecular complexity index is 678. The lowest BCUT2D eigenvalue weighted by atomic mass is 10.1. The summed E-state index contributed by atoms with van der Waals surface area (Å²) in [5.41, 5.74) is 0.786. The molecule has 0 aliphatic heterocycles. The number of carboxylic acid groups (broad SMARTS) is 1. The molecule has 0 radical (unpaired) electrons. The highest BCUT2D eigenvalue weighted by atomic mass is 19.1. The number of nitriles is 1. The summed E-state index contributed by atoms with van der Waals surface area (Å²) < 4.78 is 13.4. The van der Waals surface area contributed by atoms with Crippen LogP contribution in [0.1, 0.15) is 21.5 Å². The van der Waals surface area contributed by atoms with E-state index in [1.807, 2.05) is 30.3 Å². The van der Waals surface area contributed by atoms with Crippen molar-refractivity contribution >= 4 is 11.7 Å². The largest absolute Gasteiger partial charge is 0.478 e. The molecule has 100 valence electrons. The normalized spacial score (nSPS) is 9.80. The van der Waals surface area contributed by atoms with Crippen LogP contribution in [0.25, 0.3) is 0 Å². The highest BCUT2D eigenvalue weighted by Crippen LogP contribution is 2.21. The van der Waals surface area contributed by atoms with Gasteiger partial charge in [-0.2, -0.15) is 5.26 Å². The molecule has 20 heavy (non-hydrogen) atoms. The fourth-order valence-corrected chi connectivity index (χ4v) is 1.78. The van der Waals surface area contributed by atoms with Crippen molar-refractivity contribution in [3.63, 3.8) is 0 Å². The molecule has 2 aromatic rings. The monoisotopic (exact) mass is 270 g/mol. The molecule has 0 spiro atoms. The highest BCUT2D eigenvalue weighted by molar-refractivity contribution is 5.94. The second-order valence-corrected chi connectivity index (χ2v) is 4.13. The van der Waals surface area contributed by atoms with Gasteiger partial charge in [0.15, 0.2) is 0 Å². The molecule has 0 aliphatic rings. The number of nitrogens with zero attached hydrogens (tertiary/aromatic N) is 1. The van der Waals surface area contributed by atoms with E-state index in [0.717, 1.165) is 11.6 Å². The van der Waals surface area contributed by atoms with Gasteiger partial charge in [0.2, 0.25) is 0 Å². The Morgan fingerprint density at radius 1 is 1.30 bits per heavy atom. The molecule has 0 saturated carbocycles. The van der Waals surface area contributed by atoms with E-state index in [-0.39, 0.29) is 16.8 Å². The van der Waals surface area contributed by atoms with Crippen molar-refractivity contribution in [3.05, 3.63) is 65.0 Å². The SMILES string of the molecule is N#Cc1cc(NCc2ccccc2)c(C(=O)O)cc1F. The minimum absolute atomic E-state index is 0.189. The van der Waals surface area contributed by atoms with Crippen molar-refractivity contribution in [2.45, 2.75) is 6.54 Å². The maximum absolute atomic E-state index is 13.4. The number of benzene rings is 2. The minimum Gasteiger partial charge on any atom is -0.478 e. The Labute approximate surface area is 115 Å². The summed E-state index contributed by atoms with van der Waals surface area (Å²) in [6, 6.07) is 13.1. The average Bonchev–Trinajstić information content (AvgIpc) is 2.46. The van der Waals surface area contributed by atoms with Gasteiger partial charge >= 0.3 is 5.97 Å². The lowest BCUT2D eigenvalue weighted by Gasteiger charge is -2.10. The number of carboxylic acids is 1. The summed E-state index contributed by atoms with van der Waals surface area (Å²) in [6.45, 7) is 0.387. The van der Waals surface area contributed by atoms with Gasteiger partial charge in [0.05, 0.1) is 16.8 Å². The molecule has 4 nitrogen and oxygen atoms in total. The Morgan fingerprint density at radius 3 is 2.60 bits per heavy atom. The van der Waals surface area contributed by atoms with E-state index >= 15 is 0 Å². The molecule has 0 fully saturated rings. The van der Waals surface area contributed by atoms with Crippen molar-refractivity contribution in [1.82, 2.24) is 0 Å². The summed E-state index contributed by atoms with van der Waals surface area (Å²) >= 11 is 0. The van der Waals surface area contributed by atoms with Crippen LogP contribution in [0.15, 0.2) is 42.5 Å². The van der Waals surface area contributed by atoms with Crippen LogP contribution >= 0.6 is 0 Å². The molecular weight excluding hydrogens is 259 g/mol. The van der Waals surface area contributed by atoms with Gasteiger partial charge in [0.1, 0.15) is 11.9 Å². The van der Waals surface area contributed by atoms with Crippen molar-refractivity contribution in [2.24, 2.45) is 0 Å². The molecule has 2 N–H and O–H groups in total. The lowest BCUT2D eigenvalue weighted by Crippen LogP contribution is -2.08. The summed E-state index contributed by atoms with van der Waals surface area (Å²) in [7, 11) is 0. The smallest absolute Gasteiger partial charge is 0.337 e. The van der Waals surface area contributed by atoms with Crippen LogP contribution in [0.4, 0.5) is 10.1 Å². The molecule has 0 heterocycles. The van der Waals surface area contributed by atoms with Crippen LogP contribution < -0.4 is 5.32 Å². The zero-order valence-electron chi connectivity index (χ0n) is 10.4. The van der Waals surface area contributed by atoms with E-state index in [1.165, 1.54) is 6.07 Å². The number of rotatable bonds is 4. The van der Waals surface area contributed by atoms with Crippen molar-refractivity contribution in [2.75, 3.05) is 5.32 Å². The Kier molecular flexibility index (Phi) is 3.96. The third-order valence-corrected chi connectivity index (χ3v) is 2.78. The van der Waals surface area contributed by atoms with Gasteiger partial charge in [0, 0.05) is 6.54 Å². The number of aromatic carboxylic acids is 1. The van der Waals surface area contributed by atoms with E-state index in [0.29, 0.717) is 6.54 Å². The van der Waals surface area contributed by atoms with Crippen LogP contribution in [0.3, 0.4) is 0 Å². The standard InChI is InChI=1S/C15H11FN2O2/c16-13-7-12(15(19)20)14(6-11(13)8-17)18-9-10-4-2-1-3-5-10/h1-7,18H,9H2,(H,19,20). The van der Waals surface area contributed by atoms with Crippen molar-refractivity contribution in [1.29, 1.82) is 5.26 Å². The summed E-state index contributed by atoms with van der Waals surface area (Å²) in [6.07, 6.45) is 0. The quantitative estimate of drug-likeness (QED) is 0.895. The van der Waals surface area contributed by atoms with Gasteiger partial charge in [-0.25, -0.2) is 9.18 Å². The topological polar surface area (TPSA) is 73.1 Å². The lowest BCUT2D eigenvalue weighted by molar-refractivity contribution is 0.0697. The molecule has 0 bridgehead atoms. The average molecular weight is 270 g/mol. The fourth-order valence-electron chi connectivity index (χ4n) is 1.78. The van der Waals surface area contributed by atoms with E-state index < -0.39 is 11.8 Å². The first kappa shape index (κ1) is 13.6. The summed E-state index contributed by atoms with van der Waals surface area (Å²) in [5.74, 6) is -2.08. The molecule has 0 amide bonds. The van der Waals surface area contributed by atoms with Crippen LogP contribution in [0, 0.1) is 17.1 Å². The van der Waals surface area contributed by atoms with Crippen molar-refractivity contribution in [3.8, 4) is 6.07 Å². The first-order chi connectivity index (χ1) is 9.61. The van der Waals surface area contributed by atoms with E-state index in [4.69, 9.17) is 10.4 Å². The van der Waals surface area contributed by atoms with Crippen LogP contribution in [-0.4, -0.2) is 11.1 Å². The third kappa shape index (κ3) is 2.93. The number of nitrogens with one attached hydrogen (secondary N) is 1.